The molecule has 3 fully saturated rings. The number of allylic oxidation sites excluding steroid dienone is 2. The Hall–Kier alpha value is -1.64. The van der Waals surface area contributed by atoms with Crippen LogP contribution in [0, 0.1) is 11.8 Å². The fourth-order valence-electron chi connectivity index (χ4n) is 5.18. The summed E-state index contributed by atoms with van der Waals surface area (Å²) in [5.74, 6) is -0.753. The highest BCUT2D eigenvalue weighted by Gasteiger charge is 2.72. The summed E-state index contributed by atoms with van der Waals surface area (Å²) in [6.45, 7) is 10.6. The summed E-state index contributed by atoms with van der Waals surface area (Å²) < 4.78 is 23.8. The number of hydrogen-bond acceptors (Lipinski definition) is 6. The minimum Gasteiger partial charge on any atom is -0.443 e. The highest BCUT2D eigenvalue weighted by molar-refractivity contribution is 5.84. The van der Waals surface area contributed by atoms with E-state index in [0.717, 1.165) is 19.3 Å². The minimum absolute atomic E-state index is 0.0368. The van der Waals surface area contributed by atoms with E-state index < -0.39 is 24.1 Å². The molecule has 3 N–H and O–H groups in total. The van der Waals surface area contributed by atoms with E-state index in [0.29, 0.717) is 13.0 Å². The third-order valence-electron chi connectivity index (χ3n) is 6.98. The van der Waals surface area contributed by atoms with Gasteiger partial charge in [-0.3, -0.25) is 4.79 Å². The Morgan fingerprint density at radius 3 is 2.52 bits per heavy atom. The second kappa shape index (κ2) is 9.08. The van der Waals surface area contributed by atoms with E-state index in [1.807, 2.05) is 13.8 Å². The van der Waals surface area contributed by atoms with Gasteiger partial charge in [-0.2, -0.15) is 0 Å². The summed E-state index contributed by atoms with van der Waals surface area (Å²) in [6, 6.07) is -0.783. The van der Waals surface area contributed by atoms with E-state index in [1.54, 1.807) is 7.11 Å². The lowest BCUT2D eigenvalue weighted by atomic mass is 9.68. The quantitative estimate of drug-likeness (QED) is 0.422. The van der Waals surface area contributed by atoms with Crippen molar-refractivity contribution in [3.8, 4) is 0 Å². The fraction of sp³-hybridized carbons (Fsp3) is 0.826. The number of carbonyl (C=O) groups is 2. The smallest absolute Gasteiger partial charge is 0.408 e. The molecule has 0 aromatic carbocycles. The molecule has 0 radical (unpaired) electrons. The molecule has 1 unspecified atom stereocenters. The molecule has 31 heavy (non-hydrogen) atoms. The molecule has 2 heterocycles. The zero-order chi connectivity index (χ0) is 23.0. The van der Waals surface area contributed by atoms with Gasteiger partial charge in [0, 0.05) is 7.11 Å². The van der Waals surface area contributed by atoms with Crippen LogP contribution in [0.3, 0.4) is 0 Å². The van der Waals surface area contributed by atoms with Crippen LogP contribution in [0.15, 0.2) is 11.6 Å². The molecule has 2 aliphatic heterocycles. The number of methoxy groups -OCH3 is 1. The molecule has 3 aliphatic rings. The number of amides is 2. The van der Waals surface area contributed by atoms with E-state index in [2.05, 4.69) is 32.2 Å². The monoisotopic (exact) mass is 438 g/mol. The van der Waals surface area contributed by atoms with Crippen molar-refractivity contribution in [2.75, 3.05) is 13.7 Å². The number of carbonyl (C=O) groups excluding carboxylic acids is 2. The van der Waals surface area contributed by atoms with Crippen molar-refractivity contribution in [2.24, 2.45) is 17.6 Å². The number of primary amides is 1. The first-order valence-electron chi connectivity index (χ1n) is 11.3. The summed E-state index contributed by atoms with van der Waals surface area (Å²) in [5.41, 5.74) is 6.06. The van der Waals surface area contributed by atoms with E-state index in [1.165, 1.54) is 5.57 Å². The lowest BCUT2D eigenvalue weighted by Crippen LogP contribution is -2.57. The van der Waals surface area contributed by atoms with Crippen LogP contribution < -0.4 is 11.1 Å². The summed E-state index contributed by atoms with van der Waals surface area (Å²) >= 11 is 0. The van der Waals surface area contributed by atoms with Gasteiger partial charge in [0.25, 0.3) is 0 Å². The van der Waals surface area contributed by atoms with Gasteiger partial charge in [-0.15, -0.1) is 0 Å². The van der Waals surface area contributed by atoms with Gasteiger partial charge in [0.2, 0.25) is 5.91 Å². The van der Waals surface area contributed by atoms with E-state index in [9.17, 15) is 9.59 Å². The molecule has 2 amide bonds. The molecule has 3 rings (SSSR count). The van der Waals surface area contributed by atoms with Crippen LogP contribution in [0.4, 0.5) is 4.79 Å². The number of nitrogens with two attached hydrogens (primary N) is 1. The van der Waals surface area contributed by atoms with Crippen molar-refractivity contribution in [1.29, 1.82) is 0 Å². The number of alkyl carbamates (subject to hydrolysis) is 1. The normalized spacial score (nSPS) is 37.3. The minimum atomic E-state index is -0.783. The Bertz CT molecular complexity index is 715. The molecular weight excluding hydrogens is 400 g/mol. The third kappa shape index (κ3) is 5.07. The van der Waals surface area contributed by atoms with Crippen LogP contribution >= 0.6 is 0 Å². The molecule has 1 spiro atoms. The van der Waals surface area contributed by atoms with Crippen molar-refractivity contribution >= 4 is 12.0 Å². The zero-order valence-corrected chi connectivity index (χ0v) is 19.6. The van der Waals surface area contributed by atoms with E-state index >= 15 is 0 Å². The van der Waals surface area contributed by atoms with Crippen molar-refractivity contribution < 1.29 is 28.5 Å². The molecular formula is C23H38N2O6. The zero-order valence-electron chi connectivity index (χ0n) is 19.6. The Kier molecular flexibility index (Phi) is 7.03. The molecule has 2 saturated heterocycles. The van der Waals surface area contributed by atoms with Crippen LogP contribution in [0.25, 0.3) is 0 Å². The summed E-state index contributed by atoms with van der Waals surface area (Å²) in [4.78, 5) is 24.2. The van der Waals surface area contributed by atoms with Gasteiger partial charge in [-0.25, -0.2) is 4.79 Å². The Morgan fingerprint density at radius 1 is 1.32 bits per heavy atom. The Morgan fingerprint density at radius 2 is 2.00 bits per heavy atom. The first-order chi connectivity index (χ1) is 14.5. The number of ether oxygens (including phenoxy) is 4. The molecule has 8 nitrogen and oxygen atoms in total. The van der Waals surface area contributed by atoms with Crippen LogP contribution in [0.2, 0.25) is 0 Å². The molecule has 7 atom stereocenters. The Labute approximate surface area is 185 Å². The first kappa shape index (κ1) is 24.0. The maximum absolute atomic E-state index is 12.5. The van der Waals surface area contributed by atoms with Gasteiger partial charge >= 0.3 is 6.09 Å². The SMILES string of the molecule is CO[C@@H]1[C@H](OC(=O)NC(C(N)=O)C(C)C)CC[C@]2(CO2)[C@H]1[C@@]1(C)O[C@@H]1CCC=C(C)C. The van der Waals surface area contributed by atoms with Crippen LogP contribution in [-0.4, -0.2) is 61.3 Å². The van der Waals surface area contributed by atoms with Gasteiger partial charge in [-0.1, -0.05) is 25.5 Å². The second-order valence-electron chi connectivity index (χ2n) is 9.93. The summed E-state index contributed by atoms with van der Waals surface area (Å²) in [5, 5.41) is 2.60. The van der Waals surface area contributed by atoms with E-state index in [-0.39, 0.29) is 35.2 Å². The average Bonchev–Trinajstić information content (AvgIpc) is 3.58. The standard InChI is InChI=1S/C23H38N2O6/c1-13(2)8-7-9-16-22(5,31-16)19-18(28-6)15(10-11-23(19)12-29-23)30-21(27)25-17(14(3)4)20(24)26/h8,14-19H,7,9-12H2,1-6H3,(H2,24,26)(H,25,27)/t15-,16-,17?,18-,19-,22+,23+/m1/s1. The van der Waals surface area contributed by atoms with Crippen molar-refractivity contribution in [1.82, 2.24) is 5.32 Å². The lowest BCUT2D eigenvalue weighted by molar-refractivity contribution is -0.123. The van der Waals surface area contributed by atoms with Gasteiger partial charge in [0.05, 0.1) is 18.6 Å². The predicted molar refractivity (Wildman–Crippen MR) is 115 cm³/mol. The van der Waals surface area contributed by atoms with Crippen LogP contribution in [0.1, 0.15) is 60.3 Å². The topological polar surface area (TPSA) is 116 Å². The van der Waals surface area contributed by atoms with Crippen LogP contribution in [0.5, 0.6) is 0 Å². The average molecular weight is 439 g/mol. The maximum atomic E-state index is 12.5. The number of rotatable bonds is 9. The first-order valence-corrected chi connectivity index (χ1v) is 11.3. The molecule has 176 valence electrons. The van der Waals surface area contributed by atoms with E-state index in [4.69, 9.17) is 24.7 Å². The molecule has 1 saturated carbocycles. The summed E-state index contributed by atoms with van der Waals surface area (Å²) in [6.07, 6.45) is 4.19. The van der Waals surface area contributed by atoms with Gasteiger partial charge in [0.1, 0.15) is 29.5 Å². The molecule has 8 heteroatoms. The highest BCUT2D eigenvalue weighted by atomic mass is 16.6. The summed E-state index contributed by atoms with van der Waals surface area (Å²) in [7, 11) is 1.64. The predicted octanol–water partition coefficient (Wildman–Crippen LogP) is 2.69. The largest absolute Gasteiger partial charge is 0.443 e. The third-order valence-corrected chi connectivity index (χ3v) is 6.98. The van der Waals surface area contributed by atoms with Gasteiger partial charge in [-0.05, 0) is 52.4 Å². The highest BCUT2D eigenvalue weighted by Crippen LogP contribution is 2.59. The lowest BCUT2D eigenvalue weighted by Gasteiger charge is -2.42. The molecule has 0 aromatic rings. The van der Waals surface area contributed by atoms with Crippen molar-refractivity contribution in [3.05, 3.63) is 11.6 Å². The fourth-order valence-corrected chi connectivity index (χ4v) is 5.18. The molecule has 0 bridgehead atoms. The maximum Gasteiger partial charge on any atom is 0.408 e. The van der Waals surface area contributed by atoms with Crippen molar-refractivity contribution in [2.45, 2.75) is 95.9 Å². The number of nitrogens with one attached hydrogen (secondary N) is 1. The van der Waals surface area contributed by atoms with Crippen LogP contribution in [-0.2, 0) is 23.7 Å². The second-order valence-corrected chi connectivity index (χ2v) is 9.93. The Balaban J connectivity index is 1.69. The van der Waals surface area contributed by atoms with Gasteiger partial charge < -0.3 is 30.0 Å². The molecule has 0 aromatic heterocycles. The number of hydrogen-bond donors (Lipinski definition) is 2. The number of epoxide rings is 2. The molecule has 1 aliphatic carbocycles. The van der Waals surface area contributed by atoms with Gasteiger partial charge in [0.15, 0.2) is 0 Å². The van der Waals surface area contributed by atoms with Crippen molar-refractivity contribution in [3.63, 3.8) is 0 Å².